The number of hydrogen-bond donors (Lipinski definition) is 1. The summed E-state index contributed by atoms with van der Waals surface area (Å²) in [5, 5.41) is 7.23. The third-order valence-electron chi connectivity index (χ3n) is 5.91. The number of allylic oxidation sites excluding steroid dienone is 1. The van der Waals surface area contributed by atoms with Gasteiger partial charge >= 0.3 is 6.03 Å². The smallest absolute Gasteiger partial charge is 0.326 e. The van der Waals surface area contributed by atoms with Crippen molar-refractivity contribution in [2.45, 2.75) is 26.8 Å². The number of carbonyl (C=O) groups is 1. The molecule has 0 aliphatic carbocycles. The summed E-state index contributed by atoms with van der Waals surface area (Å²) in [4.78, 5) is 19.5. The maximum atomic E-state index is 13.4. The lowest BCUT2D eigenvalue weighted by atomic mass is 9.94. The quantitative estimate of drug-likeness (QED) is 0.399. The van der Waals surface area contributed by atoms with Crippen LogP contribution in [0.1, 0.15) is 35.5 Å². The second-order valence-corrected chi connectivity index (χ2v) is 8.40. The van der Waals surface area contributed by atoms with E-state index in [4.69, 9.17) is 4.52 Å². The van der Waals surface area contributed by atoms with E-state index in [1.807, 2.05) is 69.3 Å². The summed E-state index contributed by atoms with van der Waals surface area (Å²) in [7, 11) is 0. The Labute approximate surface area is 196 Å². The van der Waals surface area contributed by atoms with Gasteiger partial charge in [-0.1, -0.05) is 47.1 Å². The van der Waals surface area contributed by atoms with Gasteiger partial charge in [0, 0.05) is 11.3 Å². The van der Waals surface area contributed by atoms with E-state index in [9.17, 15) is 9.18 Å². The number of hydrogen-bond acceptors (Lipinski definition) is 4. The topological polar surface area (TPSA) is 71.3 Å². The van der Waals surface area contributed by atoms with Crippen molar-refractivity contribution in [3.8, 4) is 11.4 Å². The molecule has 0 saturated carbocycles. The third-order valence-corrected chi connectivity index (χ3v) is 5.91. The van der Waals surface area contributed by atoms with Crippen molar-refractivity contribution in [1.82, 2.24) is 15.5 Å². The highest BCUT2D eigenvalue weighted by atomic mass is 19.1. The van der Waals surface area contributed by atoms with E-state index in [0.717, 1.165) is 22.4 Å². The van der Waals surface area contributed by atoms with Crippen molar-refractivity contribution in [2.75, 3.05) is 4.90 Å². The van der Waals surface area contributed by atoms with Gasteiger partial charge in [-0.2, -0.15) is 4.98 Å². The average molecular weight is 455 g/mol. The maximum absolute atomic E-state index is 13.4. The predicted octanol–water partition coefficient (Wildman–Crippen LogP) is 6.19. The van der Waals surface area contributed by atoms with Crippen LogP contribution in [0, 0.1) is 19.7 Å². The molecule has 0 fully saturated rings. The molecule has 0 spiro atoms. The Morgan fingerprint density at radius 1 is 0.941 bits per heavy atom. The number of nitrogens with zero attached hydrogens (tertiary/aromatic N) is 3. The monoisotopic (exact) mass is 454 g/mol. The van der Waals surface area contributed by atoms with Gasteiger partial charge < -0.3 is 9.84 Å². The fraction of sp³-hybridized carbons (Fsp3) is 0.148. The van der Waals surface area contributed by atoms with E-state index in [0.29, 0.717) is 28.5 Å². The summed E-state index contributed by atoms with van der Waals surface area (Å²) in [5.41, 5.74) is 5.83. The van der Waals surface area contributed by atoms with E-state index >= 15 is 0 Å². The summed E-state index contributed by atoms with van der Waals surface area (Å²) >= 11 is 0. The zero-order chi connectivity index (χ0) is 23.8. The second-order valence-electron chi connectivity index (χ2n) is 8.40. The Bertz CT molecular complexity index is 1390. The molecule has 4 aromatic rings. The Morgan fingerprint density at radius 3 is 2.38 bits per heavy atom. The first-order valence-electron chi connectivity index (χ1n) is 11.0. The van der Waals surface area contributed by atoms with Crippen LogP contribution in [-0.4, -0.2) is 16.2 Å². The van der Waals surface area contributed by atoms with Gasteiger partial charge in [0.05, 0.1) is 17.3 Å². The highest BCUT2D eigenvalue weighted by molar-refractivity contribution is 6.01. The van der Waals surface area contributed by atoms with Crippen molar-refractivity contribution >= 4 is 17.3 Å². The Kier molecular flexibility index (Phi) is 5.45. The van der Waals surface area contributed by atoms with Gasteiger partial charge in [-0.05, 0) is 68.3 Å². The molecule has 0 bridgehead atoms. The van der Waals surface area contributed by atoms with Crippen molar-refractivity contribution in [3.05, 3.63) is 107 Å². The molecular weight excluding hydrogens is 431 g/mol. The zero-order valence-corrected chi connectivity index (χ0v) is 19.0. The molecule has 1 aromatic heterocycles. The van der Waals surface area contributed by atoms with Crippen molar-refractivity contribution in [1.29, 1.82) is 0 Å². The minimum atomic E-state index is -0.476. The van der Waals surface area contributed by atoms with E-state index in [1.165, 1.54) is 12.1 Å². The Balaban J connectivity index is 1.65. The molecule has 1 aliphatic rings. The molecule has 1 unspecified atom stereocenters. The molecule has 1 N–H and O–H groups in total. The Morgan fingerprint density at radius 2 is 1.68 bits per heavy atom. The molecule has 170 valence electrons. The SMILES string of the molecule is CC1=C(c2nc(-c3ccc(F)cc3)no2)C(c2ccc(C)cc2)NC(=O)N1c1cccc(C)c1. The molecule has 3 aromatic carbocycles. The molecule has 2 heterocycles. The first-order valence-corrected chi connectivity index (χ1v) is 11.0. The van der Waals surface area contributed by atoms with Crippen LogP contribution in [0.3, 0.4) is 0 Å². The number of carbonyl (C=O) groups excluding carboxylic acids is 1. The van der Waals surface area contributed by atoms with E-state index in [-0.39, 0.29) is 11.8 Å². The number of rotatable bonds is 4. The number of aromatic nitrogens is 2. The van der Waals surface area contributed by atoms with Crippen LogP contribution >= 0.6 is 0 Å². The van der Waals surface area contributed by atoms with Gasteiger partial charge in [-0.25, -0.2) is 9.18 Å². The second kappa shape index (κ2) is 8.59. The normalized spacial score (nSPS) is 16.1. The molecular formula is C27H23FN4O2. The number of benzene rings is 3. The number of nitrogens with one attached hydrogen (secondary N) is 1. The summed E-state index contributed by atoms with van der Waals surface area (Å²) in [6, 6.07) is 20.9. The van der Waals surface area contributed by atoms with Crippen LogP contribution < -0.4 is 10.2 Å². The highest BCUT2D eigenvalue weighted by Gasteiger charge is 2.36. The first kappa shape index (κ1) is 21.6. The summed E-state index contributed by atoms with van der Waals surface area (Å²) in [5.74, 6) is 0.297. The van der Waals surface area contributed by atoms with Crippen molar-refractivity contribution in [3.63, 3.8) is 0 Å². The molecule has 0 saturated heterocycles. The zero-order valence-electron chi connectivity index (χ0n) is 19.0. The third kappa shape index (κ3) is 3.96. The lowest BCUT2D eigenvalue weighted by Crippen LogP contribution is -2.46. The highest BCUT2D eigenvalue weighted by Crippen LogP contribution is 2.39. The van der Waals surface area contributed by atoms with Crippen LogP contribution in [0.4, 0.5) is 14.9 Å². The number of aryl methyl sites for hydroxylation is 2. The minimum Gasteiger partial charge on any atom is -0.334 e. The largest absolute Gasteiger partial charge is 0.334 e. The molecule has 5 rings (SSSR count). The Hall–Kier alpha value is -4.26. The lowest BCUT2D eigenvalue weighted by molar-refractivity contribution is 0.244. The van der Waals surface area contributed by atoms with E-state index < -0.39 is 6.04 Å². The number of urea groups is 1. The maximum Gasteiger partial charge on any atom is 0.326 e. The van der Waals surface area contributed by atoms with Crippen molar-refractivity contribution < 1.29 is 13.7 Å². The van der Waals surface area contributed by atoms with E-state index in [1.54, 1.807) is 17.0 Å². The predicted molar refractivity (Wildman–Crippen MR) is 128 cm³/mol. The molecule has 0 radical (unpaired) electrons. The molecule has 2 amide bonds. The minimum absolute atomic E-state index is 0.240. The van der Waals surface area contributed by atoms with Gasteiger partial charge in [0.2, 0.25) is 5.82 Å². The average Bonchev–Trinajstić information content (AvgIpc) is 3.29. The number of amides is 2. The molecule has 1 aliphatic heterocycles. The standard InChI is InChI=1S/C27H23FN4O2/c1-16-7-9-19(10-8-16)24-23(26-30-25(31-34-26)20-11-13-21(28)14-12-20)18(3)32(27(33)29-24)22-6-4-5-17(2)15-22/h4-15,24H,1-3H3,(H,29,33). The van der Waals surface area contributed by atoms with E-state index in [2.05, 4.69) is 15.5 Å². The van der Waals surface area contributed by atoms with Gasteiger partial charge in [-0.3, -0.25) is 4.90 Å². The number of halogens is 1. The summed E-state index contributed by atoms with van der Waals surface area (Å²) in [6.07, 6.45) is 0. The lowest BCUT2D eigenvalue weighted by Gasteiger charge is -2.35. The molecule has 6 nitrogen and oxygen atoms in total. The first-order chi connectivity index (χ1) is 16.4. The fourth-order valence-corrected chi connectivity index (χ4v) is 4.16. The number of anilines is 1. The molecule has 1 atom stereocenters. The van der Waals surface area contributed by atoms with Gasteiger partial charge in [0.15, 0.2) is 0 Å². The van der Waals surface area contributed by atoms with Crippen molar-refractivity contribution in [2.24, 2.45) is 0 Å². The molecule has 34 heavy (non-hydrogen) atoms. The van der Waals surface area contributed by atoms with Gasteiger partial charge in [-0.15, -0.1) is 0 Å². The fourth-order valence-electron chi connectivity index (χ4n) is 4.16. The molecule has 7 heteroatoms. The van der Waals surface area contributed by atoms with Crippen LogP contribution in [0.5, 0.6) is 0 Å². The summed E-state index contributed by atoms with van der Waals surface area (Å²) in [6.45, 7) is 5.87. The van der Waals surface area contributed by atoms with Crippen LogP contribution in [-0.2, 0) is 0 Å². The van der Waals surface area contributed by atoms with Gasteiger partial charge in [0.1, 0.15) is 5.82 Å². The van der Waals surface area contributed by atoms with Gasteiger partial charge in [0.25, 0.3) is 5.89 Å². The summed E-state index contributed by atoms with van der Waals surface area (Å²) < 4.78 is 19.1. The van der Waals surface area contributed by atoms with Crippen LogP contribution in [0.25, 0.3) is 17.0 Å². The van der Waals surface area contributed by atoms with Crippen LogP contribution in [0.2, 0.25) is 0 Å². The van der Waals surface area contributed by atoms with Crippen LogP contribution in [0.15, 0.2) is 83.0 Å².